The predicted octanol–water partition coefficient (Wildman–Crippen LogP) is 2.28. The average Bonchev–Trinajstić information content (AvgIpc) is 2.21. The van der Waals surface area contributed by atoms with E-state index >= 15 is 0 Å². The minimum absolute atomic E-state index is 0.0811. The Hall–Kier alpha value is 0.787. The Morgan fingerprint density at radius 1 is 1.33 bits per heavy atom. The van der Waals surface area contributed by atoms with Crippen LogP contribution in [0.15, 0.2) is 0 Å². The maximum Gasteiger partial charge on any atom is 0.192 e. The quantitative estimate of drug-likeness (QED) is 0.443. The number of rotatable bonds is 3. The largest absolute Gasteiger partial charge is 0.409 e. The molecular weight excluding hydrogens is 363 g/mol. The molecule has 6 heteroatoms. The molecule has 0 radical (unpaired) electrons. The maximum absolute atomic E-state index is 9.98. The molecule has 0 aromatic carbocycles. The van der Waals surface area contributed by atoms with E-state index in [1.807, 2.05) is 0 Å². The van der Waals surface area contributed by atoms with Crippen molar-refractivity contribution in [3.8, 4) is 0 Å². The Morgan fingerprint density at radius 2 is 1.89 bits per heavy atom. The van der Waals surface area contributed by atoms with Crippen LogP contribution in [0.25, 0.3) is 0 Å². The maximum atomic E-state index is 9.98. The highest BCUT2D eigenvalue weighted by molar-refractivity contribution is 14.1. The highest BCUT2D eigenvalue weighted by Gasteiger charge is 2.44. The molecule has 4 atom stereocenters. The van der Waals surface area contributed by atoms with Crippen molar-refractivity contribution in [2.24, 2.45) is 0 Å². The van der Waals surface area contributed by atoms with Gasteiger partial charge in [0.05, 0.1) is 18.3 Å². The van der Waals surface area contributed by atoms with Crippen LogP contribution in [0.5, 0.6) is 0 Å². The zero-order valence-corrected chi connectivity index (χ0v) is 15.0. The number of ether oxygens (including phenoxy) is 1. The van der Waals surface area contributed by atoms with Crippen molar-refractivity contribution in [2.75, 3.05) is 4.43 Å². The molecule has 1 rings (SSSR count). The second-order valence-corrected chi connectivity index (χ2v) is 12.1. The van der Waals surface area contributed by atoms with Gasteiger partial charge in [-0.3, -0.25) is 0 Å². The first kappa shape index (κ1) is 16.8. The first-order valence-electron chi connectivity index (χ1n) is 6.34. The SMILES string of the molecule is CC(C)(C)[Si](C)(C)O[C@H]1C[C@H](O)[C@@H](CI)O[C@@H]1O. The van der Waals surface area contributed by atoms with E-state index in [0.717, 1.165) is 0 Å². The molecule has 18 heavy (non-hydrogen) atoms. The first-order valence-corrected chi connectivity index (χ1v) is 10.8. The molecule has 1 saturated heterocycles. The summed E-state index contributed by atoms with van der Waals surface area (Å²) in [5, 5.41) is 20.0. The summed E-state index contributed by atoms with van der Waals surface area (Å²) in [6.07, 6.45) is -1.75. The Balaban J connectivity index is 2.69. The molecule has 0 aromatic rings. The molecule has 0 bridgehead atoms. The second-order valence-electron chi connectivity index (χ2n) is 6.44. The molecule has 1 heterocycles. The van der Waals surface area contributed by atoms with Crippen LogP contribution < -0.4 is 0 Å². The highest BCUT2D eigenvalue weighted by atomic mass is 127. The monoisotopic (exact) mass is 388 g/mol. The van der Waals surface area contributed by atoms with Crippen molar-refractivity contribution in [3.05, 3.63) is 0 Å². The van der Waals surface area contributed by atoms with Gasteiger partial charge in [-0.1, -0.05) is 43.4 Å². The van der Waals surface area contributed by atoms with Crippen molar-refractivity contribution in [1.82, 2.24) is 0 Å². The normalized spacial score (nSPS) is 34.7. The predicted molar refractivity (Wildman–Crippen MR) is 82.5 cm³/mol. The minimum atomic E-state index is -1.95. The number of hydrogen-bond donors (Lipinski definition) is 2. The van der Waals surface area contributed by atoms with Gasteiger partial charge < -0.3 is 19.4 Å². The van der Waals surface area contributed by atoms with Gasteiger partial charge in [0, 0.05) is 10.8 Å². The lowest BCUT2D eigenvalue weighted by Gasteiger charge is -2.43. The molecule has 0 amide bonds. The molecule has 1 aliphatic rings. The van der Waals surface area contributed by atoms with Crippen molar-refractivity contribution in [2.45, 2.75) is 69.9 Å². The van der Waals surface area contributed by atoms with Gasteiger partial charge in [0.25, 0.3) is 0 Å². The van der Waals surface area contributed by atoms with E-state index in [-0.39, 0.29) is 11.1 Å². The van der Waals surface area contributed by atoms with Crippen molar-refractivity contribution < 1.29 is 19.4 Å². The summed E-state index contributed by atoms with van der Waals surface area (Å²) in [4.78, 5) is 0. The lowest BCUT2D eigenvalue weighted by Crippen LogP contribution is -2.54. The fraction of sp³-hybridized carbons (Fsp3) is 1.00. The fourth-order valence-electron chi connectivity index (χ4n) is 1.66. The number of aliphatic hydroxyl groups excluding tert-OH is 2. The summed E-state index contributed by atoms with van der Waals surface area (Å²) < 4.78 is 12.2. The summed E-state index contributed by atoms with van der Waals surface area (Å²) in [5.41, 5.74) is 0. The van der Waals surface area contributed by atoms with Crippen LogP contribution in [0, 0.1) is 0 Å². The summed E-state index contributed by atoms with van der Waals surface area (Å²) in [7, 11) is -1.95. The molecule has 0 aliphatic carbocycles. The Morgan fingerprint density at radius 3 is 2.33 bits per heavy atom. The summed E-state index contributed by atoms with van der Waals surface area (Å²) in [5.74, 6) is 0. The number of aliphatic hydroxyl groups is 2. The minimum Gasteiger partial charge on any atom is -0.409 e. The number of hydrogen-bond acceptors (Lipinski definition) is 4. The fourth-order valence-corrected chi connectivity index (χ4v) is 3.78. The molecule has 2 N–H and O–H groups in total. The van der Waals surface area contributed by atoms with Crippen LogP contribution in [0.3, 0.4) is 0 Å². The van der Waals surface area contributed by atoms with Gasteiger partial charge in [-0.05, 0) is 18.1 Å². The van der Waals surface area contributed by atoms with Crippen molar-refractivity contribution >= 4 is 30.9 Å². The van der Waals surface area contributed by atoms with E-state index < -0.39 is 26.8 Å². The third-order valence-corrected chi connectivity index (χ3v) is 9.31. The molecular formula is C12H25IO4Si. The Labute approximate surface area is 124 Å². The van der Waals surface area contributed by atoms with Crippen LogP contribution in [0.4, 0.5) is 0 Å². The average molecular weight is 388 g/mol. The lowest BCUT2D eigenvalue weighted by atomic mass is 10.0. The van der Waals surface area contributed by atoms with Gasteiger partial charge in [0.2, 0.25) is 0 Å². The molecule has 0 saturated carbocycles. The van der Waals surface area contributed by atoms with Crippen LogP contribution >= 0.6 is 22.6 Å². The van der Waals surface area contributed by atoms with E-state index in [4.69, 9.17) is 9.16 Å². The van der Waals surface area contributed by atoms with Crippen molar-refractivity contribution in [1.29, 1.82) is 0 Å². The van der Waals surface area contributed by atoms with Crippen molar-refractivity contribution in [3.63, 3.8) is 0 Å². The standard InChI is InChI=1S/C12H25IO4Si/c1-12(2,3)18(4,5)17-9-6-8(14)10(7-13)16-11(9)15/h8-11,14-15H,6-7H2,1-5H3/t8-,9-,10+,11-/m0/s1. The van der Waals surface area contributed by atoms with Crippen LogP contribution in [-0.2, 0) is 9.16 Å². The third kappa shape index (κ3) is 3.89. The van der Waals surface area contributed by atoms with Crippen LogP contribution in [0.2, 0.25) is 18.1 Å². The smallest absolute Gasteiger partial charge is 0.192 e. The molecule has 108 valence electrons. The lowest BCUT2D eigenvalue weighted by molar-refractivity contribution is -0.234. The third-order valence-electron chi connectivity index (χ3n) is 3.94. The van der Waals surface area contributed by atoms with Gasteiger partial charge in [0.15, 0.2) is 14.6 Å². The topological polar surface area (TPSA) is 58.9 Å². The highest BCUT2D eigenvalue weighted by Crippen LogP contribution is 2.39. The van der Waals surface area contributed by atoms with Crippen LogP contribution in [-0.4, -0.2) is 47.6 Å². The number of alkyl halides is 1. The van der Waals surface area contributed by atoms with E-state index in [0.29, 0.717) is 10.8 Å². The molecule has 0 unspecified atom stereocenters. The second kappa shape index (κ2) is 6.05. The van der Waals surface area contributed by atoms with Gasteiger partial charge >= 0.3 is 0 Å². The van der Waals surface area contributed by atoms with E-state index in [1.54, 1.807) is 0 Å². The molecule has 4 nitrogen and oxygen atoms in total. The van der Waals surface area contributed by atoms with Gasteiger partial charge in [-0.15, -0.1) is 0 Å². The van der Waals surface area contributed by atoms with Crippen LogP contribution in [0.1, 0.15) is 27.2 Å². The Bertz CT molecular complexity index is 280. The van der Waals surface area contributed by atoms with Gasteiger partial charge in [0.1, 0.15) is 0 Å². The first-order chi connectivity index (χ1) is 8.08. The summed E-state index contributed by atoms with van der Waals surface area (Å²) in [6.45, 7) is 10.7. The van der Waals surface area contributed by atoms with E-state index in [9.17, 15) is 10.2 Å². The van der Waals surface area contributed by atoms with E-state index in [2.05, 4.69) is 56.5 Å². The zero-order valence-electron chi connectivity index (χ0n) is 11.8. The van der Waals surface area contributed by atoms with Gasteiger partial charge in [-0.2, -0.15) is 0 Å². The molecule has 1 aliphatic heterocycles. The molecule has 0 aromatic heterocycles. The molecule has 0 spiro atoms. The number of halogens is 1. The van der Waals surface area contributed by atoms with E-state index in [1.165, 1.54) is 0 Å². The Kier molecular flexibility index (Phi) is 5.66. The zero-order chi connectivity index (χ0) is 14.1. The van der Waals surface area contributed by atoms with Gasteiger partial charge in [-0.25, -0.2) is 0 Å². The molecule has 1 fully saturated rings. The summed E-state index contributed by atoms with van der Waals surface area (Å²) in [6, 6.07) is 0. The summed E-state index contributed by atoms with van der Waals surface area (Å²) >= 11 is 2.15.